The fourth-order valence-corrected chi connectivity index (χ4v) is 5.20. The standard InChI is InChI=1S/C26H36N5O13PS/c1-5-11-38-24(32)40-15-42-26(45(34,35)36,43-16-41-25(33)39-12-6-2)44-17(3)13-31-14-28-20-21(31)29-23(27)30-22(20)46-19-9-7-18(37-4)8-10-19/h7-10,14,17H,5-6,11-13,15-16H2,1-4H3,(H2,27,29,30)(H2,34,35,36). The van der Waals surface area contributed by atoms with Gasteiger partial charge in [0.2, 0.25) is 19.5 Å². The average Bonchev–Trinajstić information content (AvgIpc) is 3.40. The Bertz CT molecular complexity index is 1460. The minimum absolute atomic E-state index is 0.0352. The van der Waals surface area contributed by atoms with Gasteiger partial charge in [0.15, 0.2) is 5.65 Å². The highest BCUT2D eigenvalue weighted by atomic mass is 32.2. The summed E-state index contributed by atoms with van der Waals surface area (Å²) < 4.78 is 54.3. The lowest BCUT2D eigenvalue weighted by atomic mass is 10.3. The number of benzene rings is 1. The average molecular weight is 690 g/mol. The molecule has 2 heterocycles. The lowest BCUT2D eigenvalue weighted by Gasteiger charge is -2.34. The van der Waals surface area contributed by atoms with Crippen molar-refractivity contribution in [1.29, 1.82) is 0 Å². The molecule has 0 radical (unpaired) electrons. The van der Waals surface area contributed by atoms with Crippen LogP contribution >= 0.6 is 19.4 Å². The van der Waals surface area contributed by atoms with Crippen molar-refractivity contribution in [2.75, 3.05) is 39.6 Å². The highest BCUT2D eigenvalue weighted by molar-refractivity contribution is 7.99. The molecule has 3 aromatic rings. The van der Waals surface area contributed by atoms with Gasteiger partial charge in [-0.1, -0.05) is 25.6 Å². The van der Waals surface area contributed by atoms with Crippen LogP contribution in [0.25, 0.3) is 11.2 Å². The number of fused-ring (bicyclic) bond motifs is 1. The second-order valence-electron chi connectivity index (χ2n) is 9.24. The van der Waals surface area contributed by atoms with E-state index in [1.165, 1.54) is 29.6 Å². The summed E-state index contributed by atoms with van der Waals surface area (Å²) in [5, 5.41) is 0.454. The number of carbonyl (C=O) groups is 2. The fourth-order valence-electron chi connectivity index (χ4n) is 3.57. The summed E-state index contributed by atoms with van der Waals surface area (Å²) in [6.07, 6.45) is -1.04. The van der Waals surface area contributed by atoms with Gasteiger partial charge < -0.3 is 48.5 Å². The summed E-state index contributed by atoms with van der Waals surface area (Å²) in [6.45, 7) is 2.76. The second kappa shape index (κ2) is 17.3. The number of hydrogen-bond donors (Lipinski definition) is 3. The third-order valence-corrected chi connectivity index (χ3v) is 7.63. The van der Waals surface area contributed by atoms with Crippen LogP contribution in [0, 0.1) is 0 Å². The van der Waals surface area contributed by atoms with Crippen LogP contribution in [-0.2, 0) is 44.3 Å². The summed E-state index contributed by atoms with van der Waals surface area (Å²) in [5.41, 5.74) is 3.48. The first-order valence-corrected chi connectivity index (χ1v) is 16.2. The van der Waals surface area contributed by atoms with Crippen molar-refractivity contribution in [1.82, 2.24) is 19.5 Å². The Morgan fingerprint density at radius 3 is 2.11 bits per heavy atom. The summed E-state index contributed by atoms with van der Waals surface area (Å²) >= 11 is 1.29. The first kappa shape index (κ1) is 36.8. The highest BCUT2D eigenvalue weighted by Crippen LogP contribution is 2.53. The van der Waals surface area contributed by atoms with Crippen molar-refractivity contribution < 1.29 is 61.8 Å². The molecule has 2 aromatic heterocycles. The van der Waals surface area contributed by atoms with Gasteiger partial charge in [0.25, 0.3) is 0 Å². The molecular weight excluding hydrogens is 653 g/mol. The van der Waals surface area contributed by atoms with E-state index in [2.05, 4.69) is 15.0 Å². The highest BCUT2D eigenvalue weighted by Gasteiger charge is 2.54. The molecule has 0 bridgehead atoms. The third kappa shape index (κ3) is 10.4. The first-order valence-electron chi connectivity index (χ1n) is 13.8. The van der Waals surface area contributed by atoms with E-state index in [1.807, 2.05) is 12.1 Å². The zero-order chi connectivity index (χ0) is 33.7. The van der Waals surface area contributed by atoms with Crippen LogP contribution in [-0.4, -0.2) is 87.3 Å². The van der Waals surface area contributed by atoms with Gasteiger partial charge in [-0.05, 0) is 44.0 Å². The molecule has 1 unspecified atom stereocenters. The molecule has 0 saturated carbocycles. The summed E-state index contributed by atoms with van der Waals surface area (Å²) in [7, 11) is -3.97. The lowest BCUT2D eigenvalue weighted by molar-refractivity contribution is -0.375. The number of nitrogen functional groups attached to an aromatic ring is 1. The van der Waals surface area contributed by atoms with Crippen LogP contribution in [0.4, 0.5) is 15.5 Å². The molecule has 0 saturated heterocycles. The van der Waals surface area contributed by atoms with Crippen molar-refractivity contribution in [3.05, 3.63) is 30.6 Å². The van der Waals surface area contributed by atoms with Gasteiger partial charge in [-0.15, -0.1) is 0 Å². The molecule has 0 amide bonds. The molecule has 4 N–H and O–H groups in total. The minimum Gasteiger partial charge on any atom is -0.497 e. The Morgan fingerprint density at radius 1 is 1.00 bits per heavy atom. The van der Waals surface area contributed by atoms with Crippen LogP contribution in [0.3, 0.4) is 0 Å². The van der Waals surface area contributed by atoms with E-state index in [4.69, 9.17) is 43.6 Å². The number of nitrogens with zero attached hydrogens (tertiary/aromatic N) is 4. The van der Waals surface area contributed by atoms with E-state index in [-0.39, 0.29) is 25.7 Å². The van der Waals surface area contributed by atoms with Gasteiger partial charge in [-0.3, -0.25) is 14.0 Å². The Morgan fingerprint density at radius 2 is 1.59 bits per heavy atom. The number of rotatable bonds is 18. The third-order valence-electron chi connectivity index (χ3n) is 5.57. The van der Waals surface area contributed by atoms with E-state index in [9.17, 15) is 23.9 Å². The van der Waals surface area contributed by atoms with E-state index < -0.39 is 45.3 Å². The molecule has 0 aliphatic heterocycles. The molecule has 0 spiro atoms. The van der Waals surface area contributed by atoms with Crippen LogP contribution in [0.5, 0.6) is 5.75 Å². The van der Waals surface area contributed by atoms with Gasteiger partial charge in [0, 0.05) is 4.90 Å². The molecular formula is C26H36N5O13PS. The summed E-state index contributed by atoms with van der Waals surface area (Å²) in [6, 6.07) is 7.25. The Hall–Kier alpha value is -3.71. The Balaban J connectivity index is 1.82. The Labute approximate surface area is 267 Å². The SMILES string of the molecule is CCCOC(=O)OCOC(OCOC(=O)OCCC)(OC(C)Cn1cnc2c(Sc3ccc(OC)cc3)nc(N)nc21)P(=O)(O)O. The van der Waals surface area contributed by atoms with Crippen molar-refractivity contribution in [2.24, 2.45) is 0 Å². The van der Waals surface area contributed by atoms with Crippen LogP contribution in [0.15, 0.2) is 40.5 Å². The number of carbonyl (C=O) groups excluding carboxylic acids is 2. The van der Waals surface area contributed by atoms with Gasteiger partial charge in [-0.25, -0.2) is 19.6 Å². The van der Waals surface area contributed by atoms with Crippen molar-refractivity contribution in [2.45, 2.75) is 61.9 Å². The molecule has 18 nitrogen and oxygen atoms in total. The molecule has 3 rings (SSSR count). The quantitative estimate of drug-likeness (QED) is 0.0744. The van der Waals surface area contributed by atoms with Gasteiger partial charge in [-0.2, -0.15) is 4.98 Å². The number of imidazole rings is 1. The molecule has 1 atom stereocenters. The molecule has 46 heavy (non-hydrogen) atoms. The predicted octanol–water partition coefficient (Wildman–Crippen LogP) is 3.84. The lowest BCUT2D eigenvalue weighted by Crippen LogP contribution is -2.44. The van der Waals surface area contributed by atoms with E-state index in [0.29, 0.717) is 34.8 Å². The van der Waals surface area contributed by atoms with E-state index in [1.54, 1.807) is 33.1 Å². The molecule has 0 fully saturated rings. The van der Waals surface area contributed by atoms with Crippen molar-refractivity contribution >= 4 is 48.8 Å². The smallest absolute Gasteiger partial charge is 0.497 e. The predicted molar refractivity (Wildman–Crippen MR) is 160 cm³/mol. The van der Waals surface area contributed by atoms with Gasteiger partial charge >= 0.3 is 25.6 Å². The zero-order valence-electron chi connectivity index (χ0n) is 25.5. The van der Waals surface area contributed by atoms with E-state index in [0.717, 1.165) is 4.90 Å². The fraction of sp³-hybridized carbons (Fsp3) is 0.500. The monoisotopic (exact) mass is 689 g/mol. The molecule has 1 aromatic carbocycles. The van der Waals surface area contributed by atoms with Gasteiger partial charge in [0.1, 0.15) is 16.3 Å². The number of methoxy groups -OCH3 is 1. The number of ether oxygens (including phenoxy) is 8. The largest absolute Gasteiger partial charge is 0.510 e. The van der Waals surface area contributed by atoms with Crippen molar-refractivity contribution in [3.63, 3.8) is 0 Å². The second-order valence-corrected chi connectivity index (χ2v) is 11.9. The first-order chi connectivity index (χ1) is 21.9. The maximum Gasteiger partial charge on any atom is 0.510 e. The van der Waals surface area contributed by atoms with Crippen LogP contribution in [0.2, 0.25) is 0 Å². The molecule has 0 aliphatic carbocycles. The molecule has 0 aliphatic rings. The van der Waals surface area contributed by atoms with E-state index >= 15 is 0 Å². The normalized spacial score (nSPS) is 12.5. The van der Waals surface area contributed by atoms with Crippen LogP contribution < -0.4 is 10.5 Å². The number of hydrogen-bond acceptors (Lipinski definition) is 16. The van der Waals surface area contributed by atoms with Crippen LogP contribution in [0.1, 0.15) is 33.6 Å². The maximum absolute atomic E-state index is 12.7. The summed E-state index contributed by atoms with van der Waals surface area (Å²) in [5.74, 6) is 0.634. The topological polar surface area (TPSA) is 235 Å². The number of nitrogens with two attached hydrogens (primary N) is 1. The molecule has 254 valence electrons. The minimum atomic E-state index is -5.54. The Kier molecular flexibility index (Phi) is 13.8. The number of aromatic nitrogens is 4. The number of anilines is 1. The maximum atomic E-state index is 12.7. The van der Waals surface area contributed by atoms with Crippen molar-refractivity contribution in [3.8, 4) is 5.75 Å². The summed E-state index contributed by atoms with van der Waals surface area (Å²) in [4.78, 5) is 57.9. The molecule has 20 heteroatoms. The van der Waals surface area contributed by atoms with Gasteiger partial charge in [0.05, 0.1) is 39.3 Å². The zero-order valence-corrected chi connectivity index (χ0v) is 27.2.